The average molecular weight is 293 g/mol. The van der Waals surface area contributed by atoms with Crippen molar-refractivity contribution in [3.63, 3.8) is 0 Å². The molecule has 0 aliphatic heterocycles. The van der Waals surface area contributed by atoms with Crippen LogP contribution in [0, 0.1) is 34.6 Å². The van der Waals surface area contributed by atoms with Crippen LogP contribution in [0.5, 0.6) is 0 Å². The first-order valence-corrected chi connectivity index (χ1v) is 6.93. The lowest BCUT2D eigenvalue weighted by molar-refractivity contribution is -0.139. The highest BCUT2D eigenvalue weighted by Gasteiger charge is 2.23. The molecule has 0 aliphatic carbocycles. The van der Waals surface area contributed by atoms with Crippen molar-refractivity contribution >= 4 is 11.9 Å². The van der Waals surface area contributed by atoms with Gasteiger partial charge in [0.2, 0.25) is 0 Å². The summed E-state index contributed by atoms with van der Waals surface area (Å²) in [6.07, 6.45) is -0.0109. The quantitative estimate of drug-likeness (QED) is 0.772. The van der Waals surface area contributed by atoms with Crippen LogP contribution in [-0.4, -0.2) is 34.7 Å². The van der Waals surface area contributed by atoms with E-state index in [0.29, 0.717) is 5.56 Å². The Balaban J connectivity index is 3.22. The van der Waals surface area contributed by atoms with Crippen molar-refractivity contribution in [3.05, 3.63) is 33.4 Å². The Morgan fingerprint density at radius 2 is 1.38 bits per heavy atom. The van der Waals surface area contributed by atoms with Crippen molar-refractivity contribution < 1.29 is 19.8 Å². The molecule has 0 saturated carbocycles. The molecule has 5 nitrogen and oxygen atoms in total. The first-order chi connectivity index (χ1) is 9.72. The summed E-state index contributed by atoms with van der Waals surface area (Å²) in [4.78, 5) is 23.5. The van der Waals surface area contributed by atoms with Gasteiger partial charge in [0.1, 0.15) is 6.04 Å². The van der Waals surface area contributed by atoms with Crippen LogP contribution in [0.3, 0.4) is 0 Å². The first-order valence-electron chi connectivity index (χ1n) is 6.93. The number of hydrogen-bond donors (Lipinski definition) is 3. The van der Waals surface area contributed by atoms with Crippen molar-refractivity contribution in [2.45, 2.75) is 47.1 Å². The largest absolute Gasteiger partial charge is 0.480 e. The summed E-state index contributed by atoms with van der Waals surface area (Å²) in [6.45, 7) is 9.36. The van der Waals surface area contributed by atoms with Gasteiger partial charge in [0.15, 0.2) is 0 Å². The zero-order valence-corrected chi connectivity index (χ0v) is 13.2. The number of hydrogen-bond acceptors (Lipinski definition) is 3. The predicted molar refractivity (Wildman–Crippen MR) is 80.7 cm³/mol. The van der Waals surface area contributed by atoms with Crippen LogP contribution in [-0.2, 0) is 4.79 Å². The van der Waals surface area contributed by atoms with Gasteiger partial charge < -0.3 is 15.5 Å². The minimum absolute atomic E-state index is 0.0109. The predicted octanol–water partition coefficient (Wildman–Crippen LogP) is 1.79. The molecule has 5 heteroatoms. The van der Waals surface area contributed by atoms with Gasteiger partial charge >= 0.3 is 5.97 Å². The molecule has 0 heterocycles. The fourth-order valence-corrected chi connectivity index (χ4v) is 2.46. The number of carbonyl (C=O) groups excluding carboxylic acids is 1. The minimum Gasteiger partial charge on any atom is -0.480 e. The van der Waals surface area contributed by atoms with Crippen molar-refractivity contribution in [1.82, 2.24) is 5.32 Å². The zero-order chi connectivity index (χ0) is 16.3. The molecule has 1 amide bonds. The molecule has 116 valence electrons. The fraction of sp³-hybridized carbons (Fsp3) is 0.500. The summed E-state index contributed by atoms with van der Waals surface area (Å²) >= 11 is 0. The molecule has 0 bridgehead atoms. The van der Waals surface area contributed by atoms with Gasteiger partial charge in [-0.05, 0) is 62.4 Å². The Hall–Kier alpha value is -1.88. The van der Waals surface area contributed by atoms with Gasteiger partial charge in [-0.1, -0.05) is 0 Å². The third-order valence-electron chi connectivity index (χ3n) is 4.25. The molecule has 1 aromatic rings. The van der Waals surface area contributed by atoms with Crippen molar-refractivity contribution in [3.8, 4) is 0 Å². The van der Waals surface area contributed by atoms with Gasteiger partial charge in [-0.3, -0.25) is 4.79 Å². The highest BCUT2D eigenvalue weighted by Crippen LogP contribution is 2.26. The van der Waals surface area contributed by atoms with E-state index in [0.717, 1.165) is 27.8 Å². The smallest absolute Gasteiger partial charge is 0.326 e. The fourth-order valence-electron chi connectivity index (χ4n) is 2.46. The molecule has 1 rings (SSSR count). The number of amides is 1. The molecule has 21 heavy (non-hydrogen) atoms. The topological polar surface area (TPSA) is 86.6 Å². The number of rotatable bonds is 5. The van der Waals surface area contributed by atoms with Gasteiger partial charge in [0.25, 0.3) is 5.91 Å². The number of carboxylic acid groups (broad SMARTS) is 1. The van der Waals surface area contributed by atoms with E-state index in [1.807, 2.05) is 34.6 Å². The Morgan fingerprint density at radius 3 is 1.76 bits per heavy atom. The van der Waals surface area contributed by atoms with Gasteiger partial charge in [0.05, 0.1) is 0 Å². The molecular weight excluding hydrogens is 270 g/mol. The van der Waals surface area contributed by atoms with E-state index in [9.17, 15) is 9.59 Å². The standard InChI is InChI=1S/C16H23NO4/c1-8-9(2)11(4)14(12(5)10(8)3)15(19)17-13(6-7-18)16(20)21/h13,18H,6-7H2,1-5H3,(H,17,19)(H,20,21). The van der Waals surface area contributed by atoms with Crippen LogP contribution in [0.1, 0.15) is 44.6 Å². The van der Waals surface area contributed by atoms with Crippen LogP contribution < -0.4 is 5.32 Å². The second kappa shape index (κ2) is 6.72. The minimum atomic E-state index is -1.15. The maximum absolute atomic E-state index is 12.4. The molecule has 0 aliphatic rings. The second-order valence-electron chi connectivity index (χ2n) is 5.38. The van der Waals surface area contributed by atoms with E-state index in [2.05, 4.69) is 5.32 Å². The number of aliphatic hydroxyl groups excluding tert-OH is 1. The second-order valence-corrected chi connectivity index (χ2v) is 5.38. The van der Waals surface area contributed by atoms with Crippen LogP contribution in [0.4, 0.5) is 0 Å². The Labute approximate surface area is 125 Å². The summed E-state index contributed by atoms with van der Waals surface area (Å²) < 4.78 is 0. The van der Waals surface area contributed by atoms with E-state index in [4.69, 9.17) is 10.2 Å². The summed E-state index contributed by atoms with van der Waals surface area (Å²) in [7, 11) is 0. The van der Waals surface area contributed by atoms with Crippen molar-refractivity contribution in [2.75, 3.05) is 6.61 Å². The Morgan fingerprint density at radius 1 is 0.952 bits per heavy atom. The van der Waals surface area contributed by atoms with E-state index < -0.39 is 17.9 Å². The van der Waals surface area contributed by atoms with Gasteiger partial charge in [0, 0.05) is 18.6 Å². The zero-order valence-electron chi connectivity index (χ0n) is 13.2. The summed E-state index contributed by atoms with van der Waals surface area (Å²) in [5.74, 6) is -1.55. The Bertz CT molecular complexity index is 549. The van der Waals surface area contributed by atoms with Crippen LogP contribution in [0.15, 0.2) is 0 Å². The molecule has 0 fully saturated rings. The molecule has 1 atom stereocenters. The van der Waals surface area contributed by atoms with E-state index >= 15 is 0 Å². The third-order valence-corrected chi connectivity index (χ3v) is 4.25. The van der Waals surface area contributed by atoms with Crippen LogP contribution >= 0.6 is 0 Å². The average Bonchev–Trinajstić information content (AvgIpc) is 2.42. The number of carbonyl (C=O) groups is 2. The maximum atomic E-state index is 12.4. The van der Waals surface area contributed by atoms with Crippen molar-refractivity contribution in [2.24, 2.45) is 0 Å². The summed E-state index contributed by atoms with van der Waals surface area (Å²) in [5.41, 5.74) is 5.48. The molecule has 0 spiro atoms. The monoisotopic (exact) mass is 293 g/mol. The SMILES string of the molecule is Cc1c(C)c(C)c(C(=O)NC(CCO)C(=O)O)c(C)c1C. The molecule has 0 saturated heterocycles. The highest BCUT2D eigenvalue weighted by molar-refractivity contribution is 5.99. The molecule has 1 unspecified atom stereocenters. The van der Waals surface area contributed by atoms with E-state index in [1.54, 1.807) is 0 Å². The van der Waals surface area contributed by atoms with Crippen LogP contribution in [0.25, 0.3) is 0 Å². The normalized spacial score (nSPS) is 12.1. The summed E-state index contributed by atoms with van der Waals surface area (Å²) in [5, 5.41) is 20.4. The first kappa shape index (κ1) is 17.2. The number of aliphatic carboxylic acids is 1. The highest BCUT2D eigenvalue weighted by atomic mass is 16.4. The maximum Gasteiger partial charge on any atom is 0.326 e. The lowest BCUT2D eigenvalue weighted by Crippen LogP contribution is -2.42. The van der Waals surface area contributed by atoms with Crippen molar-refractivity contribution in [1.29, 1.82) is 0 Å². The Kier molecular flexibility index (Phi) is 5.49. The molecule has 0 aromatic heterocycles. The molecule has 0 radical (unpaired) electrons. The number of benzene rings is 1. The van der Waals surface area contributed by atoms with E-state index in [1.165, 1.54) is 0 Å². The molecule has 1 aromatic carbocycles. The molecular formula is C16H23NO4. The van der Waals surface area contributed by atoms with E-state index in [-0.39, 0.29) is 13.0 Å². The summed E-state index contributed by atoms with van der Waals surface area (Å²) in [6, 6.07) is -1.08. The lowest BCUT2D eigenvalue weighted by Gasteiger charge is -2.20. The number of carboxylic acids is 1. The molecule has 3 N–H and O–H groups in total. The number of nitrogens with one attached hydrogen (secondary N) is 1. The van der Waals surface area contributed by atoms with Gasteiger partial charge in [-0.25, -0.2) is 4.79 Å². The number of aliphatic hydroxyl groups is 1. The lowest BCUT2D eigenvalue weighted by atomic mass is 9.89. The van der Waals surface area contributed by atoms with Gasteiger partial charge in [-0.2, -0.15) is 0 Å². The van der Waals surface area contributed by atoms with Crippen LogP contribution in [0.2, 0.25) is 0 Å². The third kappa shape index (κ3) is 3.42. The van der Waals surface area contributed by atoms with Gasteiger partial charge in [-0.15, -0.1) is 0 Å².